The Morgan fingerprint density at radius 1 is 1.24 bits per heavy atom. The Kier molecular flexibility index (Phi) is 5.28. The molecule has 0 radical (unpaired) electrons. The highest BCUT2D eigenvalue weighted by molar-refractivity contribution is 5.76. The molecule has 2 heterocycles. The van der Waals surface area contributed by atoms with Gasteiger partial charge in [-0.1, -0.05) is 12.1 Å². The first-order chi connectivity index (χ1) is 12.1. The number of rotatable bonds is 7. The predicted octanol–water partition coefficient (Wildman–Crippen LogP) is 3.03. The van der Waals surface area contributed by atoms with Crippen molar-refractivity contribution in [2.75, 3.05) is 0 Å². The van der Waals surface area contributed by atoms with Crippen molar-refractivity contribution in [2.45, 2.75) is 39.3 Å². The lowest BCUT2D eigenvalue weighted by atomic mass is 10.1. The van der Waals surface area contributed by atoms with Crippen molar-refractivity contribution in [1.82, 2.24) is 24.6 Å². The predicted molar refractivity (Wildman–Crippen MR) is 96.3 cm³/mol. The third-order valence-corrected chi connectivity index (χ3v) is 4.24. The number of nitrogens with one attached hydrogen (secondary N) is 1. The summed E-state index contributed by atoms with van der Waals surface area (Å²) in [7, 11) is 0. The average Bonchev–Trinajstić information content (AvgIpc) is 3.27. The van der Waals surface area contributed by atoms with E-state index in [0.717, 1.165) is 30.0 Å². The molecule has 2 aromatic heterocycles. The van der Waals surface area contributed by atoms with Gasteiger partial charge < -0.3 is 9.88 Å². The van der Waals surface area contributed by atoms with E-state index in [1.807, 2.05) is 61.3 Å². The summed E-state index contributed by atoms with van der Waals surface area (Å²) in [4.78, 5) is 16.4. The molecule has 0 saturated heterocycles. The fourth-order valence-corrected chi connectivity index (χ4v) is 2.81. The Bertz CT molecular complexity index is 822. The maximum Gasteiger partial charge on any atom is 0.220 e. The molecule has 1 aromatic carbocycles. The molecule has 6 heteroatoms. The molecule has 6 nitrogen and oxygen atoms in total. The molecule has 3 rings (SSSR count). The van der Waals surface area contributed by atoms with E-state index in [1.54, 1.807) is 12.4 Å². The number of imidazole rings is 1. The number of nitrogens with zero attached hydrogens (tertiary/aromatic N) is 4. The lowest BCUT2D eigenvalue weighted by Crippen LogP contribution is -2.26. The number of aromatic nitrogens is 4. The van der Waals surface area contributed by atoms with Gasteiger partial charge in [0, 0.05) is 37.8 Å². The van der Waals surface area contributed by atoms with Gasteiger partial charge in [-0.2, -0.15) is 5.10 Å². The van der Waals surface area contributed by atoms with Crippen LogP contribution in [0, 0.1) is 6.92 Å². The van der Waals surface area contributed by atoms with E-state index in [9.17, 15) is 4.79 Å². The van der Waals surface area contributed by atoms with E-state index in [1.165, 1.54) is 0 Å². The molecule has 0 fully saturated rings. The lowest BCUT2D eigenvalue weighted by Gasteiger charge is -2.15. The number of carbonyl (C=O) groups is 1. The van der Waals surface area contributed by atoms with Crippen LogP contribution in [0.15, 0.2) is 55.1 Å². The summed E-state index contributed by atoms with van der Waals surface area (Å²) in [5.41, 5.74) is 2.05. The quantitative estimate of drug-likeness (QED) is 0.721. The van der Waals surface area contributed by atoms with Crippen LogP contribution in [-0.4, -0.2) is 25.2 Å². The number of benzene rings is 1. The first-order valence-corrected chi connectivity index (χ1v) is 8.50. The third-order valence-electron chi connectivity index (χ3n) is 4.24. The second kappa shape index (κ2) is 7.79. The van der Waals surface area contributed by atoms with Gasteiger partial charge in [-0.15, -0.1) is 0 Å². The summed E-state index contributed by atoms with van der Waals surface area (Å²) in [6, 6.07) is 9.90. The van der Waals surface area contributed by atoms with Crippen LogP contribution in [0.4, 0.5) is 0 Å². The Morgan fingerprint density at radius 3 is 2.84 bits per heavy atom. The average molecular weight is 337 g/mol. The summed E-state index contributed by atoms with van der Waals surface area (Å²) >= 11 is 0. The Balaban J connectivity index is 1.53. The van der Waals surface area contributed by atoms with Crippen LogP contribution in [0.3, 0.4) is 0 Å². The zero-order valence-electron chi connectivity index (χ0n) is 14.6. The van der Waals surface area contributed by atoms with Gasteiger partial charge in [-0.3, -0.25) is 4.79 Å². The summed E-state index contributed by atoms with van der Waals surface area (Å²) in [5, 5.41) is 7.31. The molecule has 0 aliphatic carbocycles. The van der Waals surface area contributed by atoms with E-state index >= 15 is 0 Å². The van der Waals surface area contributed by atoms with Crippen LogP contribution < -0.4 is 5.32 Å². The van der Waals surface area contributed by atoms with Gasteiger partial charge in [-0.25, -0.2) is 9.67 Å². The molecule has 3 aromatic rings. The highest BCUT2D eigenvalue weighted by Gasteiger charge is 2.10. The molecule has 1 atom stereocenters. The van der Waals surface area contributed by atoms with Crippen LogP contribution >= 0.6 is 0 Å². The maximum absolute atomic E-state index is 12.2. The van der Waals surface area contributed by atoms with Gasteiger partial charge in [0.15, 0.2) is 0 Å². The fourth-order valence-electron chi connectivity index (χ4n) is 2.81. The number of carbonyl (C=O) groups excluding carboxylic acids is 1. The van der Waals surface area contributed by atoms with Gasteiger partial charge >= 0.3 is 0 Å². The number of hydrogen-bond donors (Lipinski definition) is 1. The van der Waals surface area contributed by atoms with Gasteiger partial charge in [-0.05, 0) is 44.0 Å². The first kappa shape index (κ1) is 17.0. The van der Waals surface area contributed by atoms with Crippen molar-refractivity contribution in [1.29, 1.82) is 0 Å². The molecule has 0 aliphatic rings. The second-order valence-electron chi connectivity index (χ2n) is 6.11. The summed E-state index contributed by atoms with van der Waals surface area (Å²) in [6.07, 6.45) is 8.67. The van der Waals surface area contributed by atoms with Gasteiger partial charge in [0.1, 0.15) is 5.82 Å². The topological polar surface area (TPSA) is 64.7 Å². The normalized spacial score (nSPS) is 12.1. The van der Waals surface area contributed by atoms with E-state index in [-0.39, 0.29) is 11.9 Å². The van der Waals surface area contributed by atoms with E-state index in [4.69, 9.17) is 0 Å². The molecule has 0 aliphatic heterocycles. The molecule has 1 amide bonds. The van der Waals surface area contributed by atoms with Crippen molar-refractivity contribution in [3.63, 3.8) is 0 Å². The van der Waals surface area contributed by atoms with Crippen LogP contribution in [0.1, 0.15) is 37.2 Å². The molecule has 0 unspecified atom stereocenters. The summed E-state index contributed by atoms with van der Waals surface area (Å²) in [6.45, 7) is 4.78. The molecule has 1 N–H and O–H groups in total. The number of hydrogen-bond acceptors (Lipinski definition) is 3. The van der Waals surface area contributed by atoms with Crippen molar-refractivity contribution < 1.29 is 4.79 Å². The SMILES string of the molecule is Cc1nccn1CCCC(=O)N[C@H](C)c1cccc(-n2cccn2)c1. The number of aryl methyl sites for hydroxylation is 2. The minimum absolute atomic E-state index is 0.0435. The second-order valence-corrected chi connectivity index (χ2v) is 6.11. The molecular formula is C19H23N5O. The minimum Gasteiger partial charge on any atom is -0.350 e. The zero-order valence-corrected chi connectivity index (χ0v) is 14.6. The molecule has 25 heavy (non-hydrogen) atoms. The fraction of sp³-hybridized carbons (Fsp3) is 0.316. The lowest BCUT2D eigenvalue weighted by molar-refractivity contribution is -0.121. The van der Waals surface area contributed by atoms with Crippen LogP contribution in [0.5, 0.6) is 0 Å². The largest absolute Gasteiger partial charge is 0.350 e. The monoisotopic (exact) mass is 337 g/mol. The van der Waals surface area contributed by atoms with Gasteiger partial charge in [0.2, 0.25) is 5.91 Å². The van der Waals surface area contributed by atoms with Crippen molar-refractivity contribution in [3.8, 4) is 5.69 Å². The Labute approximate surface area is 147 Å². The van der Waals surface area contributed by atoms with Crippen molar-refractivity contribution >= 4 is 5.91 Å². The van der Waals surface area contributed by atoms with Crippen LogP contribution in [0.25, 0.3) is 5.69 Å². The highest BCUT2D eigenvalue weighted by atomic mass is 16.1. The highest BCUT2D eigenvalue weighted by Crippen LogP contribution is 2.16. The van der Waals surface area contributed by atoms with Gasteiger partial charge in [0.25, 0.3) is 0 Å². The van der Waals surface area contributed by atoms with E-state index in [0.29, 0.717) is 6.42 Å². The summed E-state index contributed by atoms with van der Waals surface area (Å²) < 4.78 is 3.87. The molecule has 0 saturated carbocycles. The van der Waals surface area contributed by atoms with Crippen molar-refractivity contribution in [3.05, 3.63) is 66.5 Å². The molecule has 0 spiro atoms. The maximum atomic E-state index is 12.2. The van der Waals surface area contributed by atoms with Crippen LogP contribution in [0.2, 0.25) is 0 Å². The third kappa shape index (κ3) is 4.35. The van der Waals surface area contributed by atoms with Crippen molar-refractivity contribution in [2.24, 2.45) is 0 Å². The number of amides is 1. The Hall–Kier alpha value is -2.89. The van der Waals surface area contributed by atoms with E-state index < -0.39 is 0 Å². The van der Waals surface area contributed by atoms with Crippen LogP contribution in [-0.2, 0) is 11.3 Å². The first-order valence-electron chi connectivity index (χ1n) is 8.50. The van der Waals surface area contributed by atoms with Gasteiger partial charge in [0.05, 0.1) is 11.7 Å². The minimum atomic E-state index is -0.0435. The zero-order chi connectivity index (χ0) is 17.6. The molecule has 0 bridgehead atoms. The van der Waals surface area contributed by atoms with E-state index in [2.05, 4.69) is 20.0 Å². The molecular weight excluding hydrogens is 314 g/mol. The standard InChI is InChI=1S/C19H23N5O/c1-15(17-6-3-7-18(14-17)24-12-5-9-21-24)22-19(25)8-4-11-23-13-10-20-16(23)2/h3,5-7,9-10,12-15H,4,8,11H2,1-2H3,(H,22,25)/t15-/m1/s1. The summed E-state index contributed by atoms with van der Waals surface area (Å²) in [5.74, 6) is 1.04. The smallest absolute Gasteiger partial charge is 0.220 e. The Morgan fingerprint density at radius 2 is 2.12 bits per heavy atom. The molecule has 130 valence electrons.